The molecule has 1 heterocycles. The van der Waals surface area contributed by atoms with Gasteiger partial charge in [-0.25, -0.2) is 0 Å². The van der Waals surface area contributed by atoms with Gasteiger partial charge in [-0.3, -0.25) is 9.59 Å². The Morgan fingerprint density at radius 1 is 1.37 bits per heavy atom. The summed E-state index contributed by atoms with van der Waals surface area (Å²) in [6, 6.07) is 5.43. The van der Waals surface area contributed by atoms with Crippen LogP contribution in [0.25, 0.3) is 0 Å². The third-order valence-corrected chi connectivity index (χ3v) is 5.16. The lowest BCUT2D eigenvalue weighted by Crippen LogP contribution is -2.45. The molecule has 0 aliphatic carbocycles. The lowest BCUT2D eigenvalue weighted by atomic mass is 10.0. The summed E-state index contributed by atoms with van der Waals surface area (Å²) < 4.78 is 0. The summed E-state index contributed by atoms with van der Waals surface area (Å²) in [6.07, 6.45) is 3.21. The highest BCUT2D eigenvalue weighted by Gasteiger charge is 2.25. The molecule has 2 N–H and O–H groups in total. The van der Waals surface area contributed by atoms with E-state index < -0.39 is 6.04 Å². The first kappa shape index (κ1) is 20.9. The van der Waals surface area contributed by atoms with E-state index in [9.17, 15) is 19.5 Å². The van der Waals surface area contributed by atoms with Crippen LogP contribution in [0.15, 0.2) is 18.2 Å². The van der Waals surface area contributed by atoms with Crippen LogP contribution in [-0.2, 0) is 20.9 Å². The van der Waals surface area contributed by atoms with Crippen LogP contribution in [0.2, 0.25) is 0 Å². The van der Waals surface area contributed by atoms with Crippen molar-refractivity contribution in [3.05, 3.63) is 29.3 Å². The number of likely N-dealkylation sites (N-methyl/N-ethyl adjacent to an activating group) is 1. The topological polar surface area (TPSA) is 90.0 Å². The maximum Gasteiger partial charge on any atom is 0.242 e. The van der Waals surface area contributed by atoms with E-state index in [0.29, 0.717) is 19.4 Å². The van der Waals surface area contributed by atoms with E-state index in [1.165, 1.54) is 11.9 Å². The molecule has 2 amide bonds. The zero-order valence-corrected chi connectivity index (χ0v) is 16.1. The summed E-state index contributed by atoms with van der Waals surface area (Å²) in [5.41, 5.74) is 3.05. The van der Waals surface area contributed by atoms with Gasteiger partial charge in [-0.15, -0.1) is 0 Å². The van der Waals surface area contributed by atoms with E-state index in [1.807, 2.05) is 25.1 Å². The molecule has 2 rings (SSSR count). The number of carbonyl (C=O) groups excluding carboxylic acids is 3. The number of aldehydes is 1. The van der Waals surface area contributed by atoms with Gasteiger partial charge in [0.05, 0.1) is 6.10 Å². The zero-order chi connectivity index (χ0) is 19.8. The van der Waals surface area contributed by atoms with Crippen molar-refractivity contribution in [1.82, 2.24) is 10.2 Å². The Morgan fingerprint density at radius 2 is 2.07 bits per heavy atom. The van der Waals surface area contributed by atoms with Gasteiger partial charge in [0.15, 0.2) is 0 Å². The van der Waals surface area contributed by atoms with Crippen LogP contribution in [-0.4, -0.2) is 60.9 Å². The van der Waals surface area contributed by atoms with Gasteiger partial charge in [0.1, 0.15) is 12.3 Å². The van der Waals surface area contributed by atoms with Crippen molar-refractivity contribution in [2.75, 3.05) is 25.0 Å². The number of aliphatic hydroxyl groups excluding tert-OH is 1. The molecular weight excluding hydrogens is 346 g/mol. The van der Waals surface area contributed by atoms with E-state index in [4.69, 9.17) is 0 Å². The Balaban J connectivity index is 2.19. The highest BCUT2D eigenvalue weighted by atomic mass is 16.3. The molecule has 0 saturated carbocycles. The molecule has 0 bridgehead atoms. The lowest BCUT2D eigenvalue weighted by Gasteiger charge is -2.32. The fraction of sp³-hybridized carbons (Fsp3) is 0.550. The molecular formula is C20H29N3O4. The molecule has 1 unspecified atom stereocenters. The summed E-state index contributed by atoms with van der Waals surface area (Å²) in [5, 5.41) is 12.3. The number of nitrogens with one attached hydrogen (secondary N) is 1. The van der Waals surface area contributed by atoms with Crippen molar-refractivity contribution in [2.45, 2.75) is 51.3 Å². The minimum atomic E-state index is -0.675. The highest BCUT2D eigenvalue weighted by molar-refractivity contribution is 5.83. The number of carbonyl (C=O) groups is 3. The van der Waals surface area contributed by atoms with E-state index >= 15 is 0 Å². The van der Waals surface area contributed by atoms with Crippen molar-refractivity contribution in [3.8, 4) is 0 Å². The number of piperidine rings is 1. The minimum absolute atomic E-state index is 0.220. The average Bonchev–Trinajstić information content (AvgIpc) is 2.69. The molecule has 0 radical (unpaired) electrons. The molecule has 1 aromatic rings. The van der Waals surface area contributed by atoms with Gasteiger partial charge in [-0.2, -0.15) is 0 Å². The Labute approximate surface area is 160 Å². The maximum absolute atomic E-state index is 12.2. The number of anilines is 1. The second-order valence-corrected chi connectivity index (χ2v) is 6.98. The average molecular weight is 375 g/mol. The zero-order valence-electron chi connectivity index (χ0n) is 16.1. The monoisotopic (exact) mass is 375 g/mol. The molecule has 1 aromatic carbocycles. The number of hydrogen-bond acceptors (Lipinski definition) is 5. The SMILES string of the molecule is CNC(=O)C(CCC=O)N(C=O)Cc1cc(N2CCC(O)CC2)ccc1C. The Kier molecular flexibility index (Phi) is 7.79. The molecule has 7 nitrogen and oxygen atoms in total. The number of rotatable bonds is 9. The molecule has 1 saturated heterocycles. The number of aliphatic hydroxyl groups is 1. The molecule has 1 atom stereocenters. The number of nitrogens with zero attached hydrogens (tertiary/aromatic N) is 2. The summed E-state index contributed by atoms with van der Waals surface area (Å²) in [6.45, 7) is 3.86. The molecule has 0 spiro atoms. The third-order valence-electron chi connectivity index (χ3n) is 5.16. The van der Waals surface area contributed by atoms with Crippen molar-refractivity contribution in [2.24, 2.45) is 0 Å². The first-order valence-electron chi connectivity index (χ1n) is 9.39. The minimum Gasteiger partial charge on any atom is -0.393 e. The molecule has 1 fully saturated rings. The largest absolute Gasteiger partial charge is 0.393 e. The van der Waals surface area contributed by atoms with Gasteiger partial charge in [0.25, 0.3) is 0 Å². The Morgan fingerprint density at radius 3 is 2.67 bits per heavy atom. The normalized spacial score (nSPS) is 15.9. The van der Waals surface area contributed by atoms with Crippen LogP contribution in [0.3, 0.4) is 0 Å². The summed E-state index contributed by atoms with van der Waals surface area (Å²) in [5.74, 6) is -0.275. The second-order valence-electron chi connectivity index (χ2n) is 6.98. The molecule has 1 aliphatic heterocycles. The van der Waals surface area contributed by atoms with Crippen molar-refractivity contribution in [1.29, 1.82) is 0 Å². The summed E-state index contributed by atoms with van der Waals surface area (Å²) >= 11 is 0. The summed E-state index contributed by atoms with van der Waals surface area (Å²) in [7, 11) is 1.52. The fourth-order valence-electron chi connectivity index (χ4n) is 3.41. The van der Waals surface area contributed by atoms with E-state index in [1.54, 1.807) is 0 Å². The van der Waals surface area contributed by atoms with E-state index in [-0.39, 0.29) is 18.4 Å². The smallest absolute Gasteiger partial charge is 0.242 e. The maximum atomic E-state index is 12.2. The standard InChI is InChI=1S/C20H29N3O4/c1-15-5-6-17(22-9-7-18(26)8-10-22)12-16(15)13-23(14-25)19(4-3-11-24)20(27)21-2/h5-6,11-12,14,18-19,26H,3-4,7-10,13H2,1-2H3,(H,21,27). The van der Waals surface area contributed by atoms with Crippen LogP contribution < -0.4 is 10.2 Å². The molecule has 27 heavy (non-hydrogen) atoms. The lowest BCUT2D eigenvalue weighted by molar-refractivity contribution is -0.133. The molecule has 148 valence electrons. The molecule has 0 aromatic heterocycles. The van der Waals surface area contributed by atoms with Gasteiger partial charge in [0, 0.05) is 38.8 Å². The van der Waals surface area contributed by atoms with Gasteiger partial charge < -0.3 is 25.0 Å². The van der Waals surface area contributed by atoms with Gasteiger partial charge >= 0.3 is 0 Å². The highest BCUT2D eigenvalue weighted by Crippen LogP contribution is 2.24. The second kappa shape index (κ2) is 10.1. The Bertz CT molecular complexity index is 657. The fourth-order valence-corrected chi connectivity index (χ4v) is 3.41. The van der Waals surface area contributed by atoms with Crippen LogP contribution in [0.1, 0.15) is 36.8 Å². The third kappa shape index (κ3) is 5.53. The van der Waals surface area contributed by atoms with Crippen molar-refractivity contribution >= 4 is 24.3 Å². The van der Waals surface area contributed by atoms with Crippen LogP contribution in [0, 0.1) is 6.92 Å². The van der Waals surface area contributed by atoms with Gasteiger partial charge in [-0.05, 0) is 49.4 Å². The van der Waals surface area contributed by atoms with E-state index in [0.717, 1.165) is 49.0 Å². The first-order valence-corrected chi connectivity index (χ1v) is 9.39. The number of benzene rings is 1. The van der Waals surface area contributed by atoms with Gasteiger partial charge in [0.2, 0.25) is 12.3 Å². The quantitative estimate of drug-likeness (QED) is 0.629. The van der Waals surface area contributed by atoms with Gasteiger partial charge in [-0.1, -0.05) is 6.07 Å². The predicted octanol–water partition coefficient (Wildman–Crippen LogP) is 1.01. The van der Waals surface area contributed by atoms with Crippen molar-refractivity contribution < 1.29 is 19.5 Å². The number of aryl methyl sites for hydroxylation is 1. The van der Waals surface area contributed by atoms with E-state index in [2.05, 4.69) is 10.2 Å². The number of amides is 2. The first-order chi connectivity index (χ1) is 13.0. The van der Waals surface area contributed by atoms with Crippen molar-refractivity contribution in [3.63, 3.8) is 0 Å². The summed E-state index contributed by atoms with van der Waals surface area (Å²) in [4.78, 5) is 38.3. The van der Waals surface area contributed by atoms with Crippen LogP contribution in [0.5, 0.6) is 0 Å². The van der Waals surface area contributed by atoms with Crippen LogP contribution >= 0.6 is 0 Å². The molecule has 1 aliphatic rings. The van der Waals surface area contributed by atoms with Crippen LogP contribution in [0.4, 0.5) is 5.69 Å². The Hall–Kier alpha value is -2.41. The number of hydrogen-bond donors (Lipinski definition) is 2. The predicted molar refractivity (Wildman–Crippen MR) is 103 cm³/mol. The molecule has 7 heteroatoms.